The van der Waals surface area contributed by atoms with Gasteiger partial charge < -0.3 is 5.32 Å². The summed E-state index contributed by atoms with van der Waals surface area (Å²) < 4.78 is 6.33. The van der Waals surface area contributed by atoms with E-state index in [2.05, 4.69) is 35.8 Å². The first-order chi connectivity index (χ1) is 10.2. The van der Waals surface area contributed by atoms with Gasteiger partial charge in [-0.2, -0.15) is 0 Å². The van der Waals surface area contributed by atoms with Gasteiger partial charge in [0.25, 0.3) is 5.56 Å². The summed E-state index contributed by atoms with van der Waals surface area (Å²) in [6.07, 6.45) is 1.55. The number of hydrogen-bond acceptors (Lipinski definition) is 6. The predicted octanol–water partition coefficient (Wildman–Crippen LogP) is 2.49. The quantitative estimate of drug-likeness (QED) is 0.768. The molecule has 1 aromatic carbocycles. The van der Waals surface area contributed by atoms with E-state index in [0.717, 1.165) is 21.7 Å². The molecule has 3 aromatic rings. The molecule has 0 bridgehead atoms. The molecular weight excluding hydrogens is 354 g/mol. The lowest BCUT2D eigenvalue weighted by Gasteiger charge is -2.06. The van der Waals surface area contributed by atoms with Crippen LogP contribution < -0.4 is 10.9 Å². The predicted molar refractivity (Wildman–Crippen MR) is 86.9 cm³/mol. The number of halogens is 1. The summed E-state index contributed by atoms with van der Waals surface area (Å²) in [6, 6.07) is 5.47. The van der Waals surface area contributed by atoms with Gasteiger partial charge >= 0.3 is 0 Å². The zero-order valence-electron chi connectivity index (χ0n) is 11.2. The minimum Gasteiger partial charge on any atom is -0.374 e. The van der Waals surface area contributed by atoms with E-state index < -0.39 is 0 Å². The molecule has 0 saturated carbocycles. The molecule has 21 heavy (non-hydrogen) atoms. The summed E-state index contributed by atoms with van der Waals surface area (Å²) in [5.41, 5.74) is 1.35. The van der Waals surface area contributed by atoms with Gasteiger partial charge in [0.2, 0.25) is 0 Å². The summed E-state index contributed by atoms with van der Waals surface area (Å²) >= 11 is 4.67. The van der Waals surface area contributed by atoms with Crippen LogP contribution in [0.15, 0.2) is 33.8 Å². The number of aromatic nitrogens is 4. The molecule has 0 atom stereocenters. The molecule has 8 heteroatoms. The van der Waals surface area contributed by atoms with E-state index in [1.807, 2.05) is 19.1 Å². The number of rotatable bonds is 4. The summed E-state index contributed by atoms with van der Waals surface area (Å²) in [6.45, 7) is 3.15. The van der Waals surface area contributed by atoms with E-state index in [1.54, 1.807) is 17.0 Å². The number of benzene rings is 1. The monoisotopic (exact) mass is 365 g/mol. The van der Waals surface area contributed by atoms with Crippen LogP contribution in [-0.2, 0) is 6.54 Å². The van der Waals surface area contributed by atoms with Crippen molar-refractivity contribution in [3.63, 3.8) is 0 Å². The Balaban J connectivity index is 2.03. The van der Waals surface area contributed by atoms with E-state index in [4.69, 9.17) is 0 Å². The maximum absolute atomic E-state index is 12.5. The Bertz CT molecular complexity index is 844. The standard InChI is InChI=1S/C13H12BrN5OS/c1-2-15-12-11(17-18-21-12)6-19-7-16-10-4-3-8(14)5-9(10)13(19)20/h3-5,7,15H,2,6H2,1H3. The van der Waals surface area contributed by atoms with E-state index in [9.17, 15) is 4.79 Å². The molecular formula is C13H12BrN5OS. The molecule has 0 amide bonds. The third-order valence-electron chi connectivity index (χ3n) is 3.00. The number of nitrogens with zero attached hydrogens (tertiary/aromatic N) is 4. The Kier molecular flexibility index (Phi) is 3.98. The maximum atomic E-state index is 12.5. The van der Waals surface area contributed by atoms with Gasteiger partial charge in [-0.3, -0.25) is 9.36 Å². The van der Waals surface area contributed by atoms with E-state index >= 15 is 0 Å². The molecule has 108 valence electrons. The Hall–Kier alpha value is -1.80. The fourth-order valence-electron chi connectivity index (χ4n) is 2.01. The Labute approximate surface area is 133 Å². The first kappa shape index (κ1) is 14.2. The van der Waals surface area contributed by atoms with Gasteiger partial charge in [-0.15, -0.1) is 5.10 Å². The van der Waals surface area contributed by atoms with Crippen molar-refractivity contribution in [2.24, 2.45) is 0 Å². The second-order valence-electron chi connectivity index (χ2n) is 4.42. The van der Waals surface area contributed by atoms with Gasteiger partial charge in [0.05, 0.1) is 23.8 Å². The minimum absolute atomic E-state index is 0.0863. The molecule has 0 unspecified atom stereocenters. The normalized spacial score (nSPS) is 11.0. The summed E-state index contributed by atoms with van der Waals surface area (Å²) in [7, 11) is 0. The SMILES string of the molecule is CCNc1snnc1Cn1cnc2ccc(Br)cc2c1=O. The molecule has 2 aromatic heterocycles. The fraction of sp³-hybridized carbons (Fsp3) is 0.231. The van der Waals surface area contributed by atoms with Crippen molar-refractivity contribution >= 4 is 43.4 Å². The molecule has 0 saturated heterocycles. The van der Waals surface area contributed by atoms with Crippen molar-refractivity contribution < 1.29 is 0 Å². The van der Waals surface area contributed by atoms with Crippen LogP contribution in [0.25, 0.3) is 10.9 Å². The molecule has 0 fully saturated rings. The summed E-state index contributed by atoms with van der Waals surface area (Å²) in [4.78, 5) is 16.8. The summed E-state index contributed by atoms with van der Waals surface area (Å²) in [5, 5.41) is 8.74. The smallest absolute Gasteiger partial charge is 0.261 e. The second kappa shape index (κ2) is 5.90. The fourth-order valence-corrected chi connectivity index (χ4v) is 3.01. The number of hydrogen-bond donors (Lipinski definition) is 1. The number of fused-ring (bicyclic) bond motifs is 1. The van der Waals surface area contributed by atoms with Crippen LogP contribution in [0.2, 0.25) is 0 Å². The third-order valence-corrected chi connectivity index (χ3v) is 4.22. The van der Waals surface area contributed by atoms with Crippen LogP contribution >= 0.6 is 27.5 Å². The van der Waals surface area contributed by atoms with E-state index in [1.165, 1.54) is 11.5 Å². The van der Waals surface area contributed by atoms with Gasteiger partial charge in [-0.05, 0) is 25.1 Å². The average molecular weight is 366 g/mol. The number of nitrogens with one attached hydrogen (secondary N) is 1. The van der Waals surface area contributed by atoms with Crippen LogP contribution in [0, 0.1) is 0 Å². The zero-order valence-corrected chi connectivity index (χ0v) is 13.6. The highest BCUT2D eigenvalue weighted by Crippen LogP contribution is 2.19. The van der Waals surface area contributed by atoms with Crippen LogP contribution in [-0.4, -0.2) is 25.7 Å². The minimum atomic E-state index is -0.0863. The molecule has 1 N–H and O–H groups in total. The molecule has 0 spiro atoms. The maximum Gasteiger partial charge on any atom is 0.261 e. The Morgan fingerprint density at radius 3 is 3.10 bits per heavy atom. The lowest BCUT2D eigenvalue weighted by Crippen LogP contribution is -2.21. The van der Waals surface area contributed by atoms with Crippen LogP contribution in [0.3, 0.4) is 0 Å². The van der Waals surface area contributed by atoms with Crippen molar-refractivity contribution in [2.75, 3.05) is 11.9 Å². The highest BCUT2D eigenvalue weighted by Gasteiger charge is 2.10. The van der Waals surface area contributed by atoms with Crippen molar-refractivity contribution in [2.45, 2.75) is 13.5 Å². The van der Waals surface area contributed by atoms with Gasteiger partial charge in [-0.1, -0.05) is 20.4 Å². The molecule has 0 aliphatic carbocycles. The third kappa shape index (κ3) is 2.81. The van der Waals surface area contributed by atoms with Gasteiger partial charge in [0.1, 0.15) is 10.7 Å². The van der Waals surface area contributed by atoms with Crippen molar-refractivity contribution in [1.29, 1.82) is 0 Å². The highest BCUT2D eigenvalue weighted by molar-refractivity contribution is 9.10. The molecule has 2 heterocycles. The molecule has 0 aliphatic rings. The van der Waals surface area contributed by atoms with Crippen molar-refractivity contribution in [3.05, 3.63) is 45.0 Å². The van der Waals surface area contributed by atoms with Gasteiger partial charge in [0.15, 0.2) is 0 Å². The lowest BCUT2D eigenvalue weighted by atomic mass is 10.2. The Morgan fingerprint density at radius 2 is 2.29 bits per heavy atom. The molecule has 0 aliphatic heterocycles. The zero-order chi connectivity index (χ0) is 14.8. The van der Waals surface area contributed by atoms with Crippen molar-refractivity contribution in [1.82, 2.24) is 19.1 Å². The van der Waals surface area contributed by atoms with Gasteiger partial charge in [-0.25, -0.2) is 4.98 Å². The Morgan fingerprint density at radius 1 is 1.43 bits per heavy atom. The van der Waals surface area contributed by atoms with E-state index in [-0.39, 0.29) is 5.56 Å². The second-order valence-corrected chi connectivity index (χ2v) is 6.09. The lowest BCUT2D eigenvalue weighted by molar-refractivity contribution is 0.727. The van der Waals surface area contributed by atoms with Crippen molar-refractivity contribution in [3.8, 4) is 0 Å². The first-order valence-corrected chi connectivity index (χ1v) is 7.95. The van der Waals surface area contributed by atoms with Gasteiger partial charge in [0, 0.05) is 22.5 Å². The van der Waals surface area contributed by atoms with Crippen LogP contribution in [0.5, 0.6) is 0 Å². The average Bonchev–Trinajstić information content (AvgIpc) is 2.90. The molecule has 3 rings (SSSR count). The highest BCUT2D eigenvalue weighted by atomic mass is 79.9. The molecule has 6 nitrogen and oxygen atoms in total. The van der Waals surface area contributed by atoms with Crippen LogP contribution in [0.4, 0.5) is 5.00 Å². The van der Waals surface area contributed by atoms with Crippen LogP contribution in [0.1, 0.15) is 12.6 Å². The topological polar surface area (TPSA) is 72.7 Å². The molecule has 0 radical (unpaired) electrons. The first-order valence-electron chi connectivity index (χ1n) is 6.39. The largest absolute Gasteiger partial charge is 0.374 e. The number of anilines is 1. The summed E-state index contributed by atoms with van der Waals surface area (Å²) in [5.74, 6) is 0. The van der Waals surface area contributed by atoms with E-state index in [0.29, 0.717) is 17.4 Å².